The normalized spacial score (nSPS) is 29.1. The lowest BCUT2D eigenvalue weighted by Gasteiger charge is -2.39. The first-order valence-corrected chi connectivity index (χ1v) is 4.54. The summed E-state index contributed by atoms with van der Waals surface area (Å²) in [6.07, 6.45) is -2.63. The van der Waals surface area contributed by atoms with Gasteiger partial charge in [-0.2, -0.15) is 8.78 Å². The SMILES string of the molecule is CO[C@H]1C[C@@H](C(F)(F)OC(C)C)C1. The van der Waals surface area contributed by atoms with Crippen LogP contribution >= 0.6 is 0 Å². The number of rotatable bonds is 4. The van der Waals surface area contributed by atoms with Crippen LogP contribution in [0.2, 0.25) is 0 Å². The van der Waals surface area contributed by atoms with Gasteiger partial charge >= 0.3 is 6.11 Å². The molecule has 0 unspecified atom stereocenters. The maximum Gasteiger partial charge on any atom is 0.358 e. The molecule has 78 valence electrons. The molecule has 1 aliphatic rings. The molecule has 0 radical (unpaired) electrons. The van der Waals surface area contributed by atoms with Crippen molar-refractivity contribution in [3.05, 3.63) is 0 Å². The van der Waals surface area contributed by atoms with E-state index in [0.29, 0.717) is 12.8 Å². The van der Waals surface area contributed by atoms with Crippen LogP contribution in [0.15, 0.2) is 0 Å². The fraction of sp³-hybridized carbons (Fsp3) is 1.00. The molecule has 0 heterocycles. The smallest absolute Gasteiger partial charge is 0.358 e. The predicted molar refractivity (Wildman–Crippen MR) is 44.7 cm³/mol. The van der Waals surface area contributed by atoms with Gasteiger partial charge in [-0.25, -0.2) is 0 Å². The minimum absolute atomic E-state index is 0.00774. The van der Waals surface area contributed by atoms with Crippen LogP contribution in [-0.4, -0.2) is 25.4 Å². The molecular weight excluding hydrogens is 178 g/mol. The van der Waals surface area contributed by atoms with E-state index >= 15 is 0 Å². The lowest BCUT2D eigenvalue weighted by molar-refractivity contribution is -0.309. The zero-order valence-electron chi connectivity index (χ0n) is 8.22. The molecule has 0 aliphatic heterocycles. The van der Waals surface area contributed by atoms with Gasteiger partial charge in [0.1, 0.15) is 0 Å². The number of hydrogen-bond acceptors (Lipinski definition) is 2. The van der Waals surface area contributed by atoms with Gasteiger partial charge in [-0.05, 0) is 26.7 Å². The summed E-state index contributed by atoms with van der Waals surface area (Å²) < 4.78 is 35.8. The summed E-state index contributed by atoms with van der Waals surface area (Å²) in [5.41, 5.74) is 0. The van der Waals surface area contributed by atoms with Gasteiger partial charge < -0.3 is 9.47 Å². The van der Waals surface area contributed by atoms with Crippen LogP contribution in [-0.2, 0) is 9.47 Å². The molecule has 4 heteroatoms. The van der Waals surface area contributed by atoms with Gasteiger partial charge in [-0.1, -0.05) is 0 Å². The fourth-order valence-electron chi connectivity index (χ4n) is 1.44. The molecule has 0 aromatic rings. The van der Waals surface area contributed by atoms with Gasteiger partial charge in [0.2, 0.25) is 0 Å². The van der Waals surface area contributed by atoms with E-state index in [-0.39, 0.29) is 6.10 Å². The summed E-state index contributed by atoms with van der Waals surface area (Å²) >= 11 is 0. The first-order chi connectivity index (χ1) is 5.95. The van der Waals surface area contributed by atoms with Crippen LogP contribution in [0.1, 0.15) is 26.7 Å². The van der Waals surface area contributed by atoms with E-state index in [2.05, 4.69) is 4.74 Å². The van der Waals surface area contributed by atoms with E-state index in [0.717, 1.165) is 0 Å². The van der Waals surface area contributed by atoms with Crippen molar-refractivity contribution in [2.24, 2.45) is 5.92 Å². The predicted octanol–water partition coefficient (Wildman–Crippen LogP) is 2.43. The van der Waals surface area contributed by atoms with Gasteiger partial charge in [-0.3, -0.25) is 0 Å². The Morgan fingerprint density at radius 2 is 1.85 bits per heavy atom. The highest BCUT2D eigenvalue weighted by molar-refractivity contribution is 4.85. The molecule has 1 aliphatic carbocycles. The Morgan fingerprint density at radius 3 is 2.23 bits per heavy atom. The molecule has 13 heavy (non-hydrogen) atoms. The van der Waals surface area contributed by atoms with E-state index in [4.69, 9.17) is 4.74 Å². The molecule has 0 aromatic carbocycles. The van der Waals surface area contributed by atoms with E-state index in [1.165, 1.54) is 0 Å². The van der Waals surface area contributed by atoms with E-state index < -0.39 is 18.1 Å². The van der Waals surface area contributed by atoms with E-state index in [9.17, 15) is 8.78 Å². The van der Waals surface area contributed by atoms with Crippen LogP contribution in [0.25, 0.3) is 0 Å². The molecule has 0 aromatic heterocycles. The topological polar surface area (TPSA) is 18.5 Å². The van der Waals surface area contributed by atoms with Crippen molar-refractivity contribution in [1.82, 2.24) is 0 Å². The largest absolute Gasteiger partial charge is 0.381 e. The fourth-order valence-corrected chi connectivity index (χ4v) is 1.44. The minimum Gasteiger partial charge on any atom is -0.381 e. The lowest BCUT2D eigenvalue weighted by atomic mass is 9.81. The maximum absolute atomic E-state index is 13.2. The second kappa shape index (κ2) is 3.88. The quantitative estimate of drug-likeness (QED) is 0.684. The number of ether oxygens (including phenoxy) is 2. The molecule has 0 saturated heterocycles. The summed E-state index contributed by atoms with van der Waals surface area (Å²) in [6, 6.07) is 0. The third-order valence-corrected chi connectivity index (χ3v) is 2.30. The first kappa shape index (κ1) is 10.9. The summed E-state index contributed by atoms with van der Waals surface area (Å²) in [5, 5.41) is 0. The first-order valence-electron chi connectivity index (χ1n) is 4.54. The number of halogens is 2. The van der Waals surface area contributed by atoms with Gasteiger partial charge in [0.05, 0.1) is 18.1 Å². The van der Waals surface area contributed by atoms with Crippen LogP contribution in [0.4, 0.5) is 8.78 Å². The van der Waals surface area contributed by atoms with Gasteiger partial charge in [0.25, 0.3) is 0 Å². The molecule has 0 amide bonds. The highest BCUT2D eigenvalue weighted by Crippen LogP contribution is 2.42. The number of methoxy groups -OCH3 is 1. The Hall–Kier alpha value is -0.220. The molecule has 2 nitrogen and oxygen atoms in total. The molecule has 1 fully saturated rings. The lowest BCUT2D eigenvalue weighted by Crippen LogP contribution is -2.44. The summed E-state index contributed by atoms with van der Waals surface area (Å²) in [6.45, 7) is 3.22. The highest BCUT2D eigenvalue weighted by atomic mass is 19.3. The zero-order chi connectivity index (χ0) is 10.1. The van der Waals surface area contributed by atoms with Gasteiger partial charge in [0, 0.05) is 7.11 Å². The molecular formula is C9H16F2O2. The summed E-state index contributed by atoms with van der Waals surface area (Å²) in [4.78, 5) is 0. The third-order valence-electron chi connectivity index (χ3n) is 2.30. The standard InChI is InChI=1S/C9H16F2O2/c1-6(2)13-9(10,11)7-4-8(5-7)12-3/h6-8H,4-5H2,1-3H3/t7-,8+. The molecule has 0 spiro atoms. The van der Waals surface area contributed by atoms with Crippen molar-refractivity contribution in [3.63, 3.8) is 0 Å². The molecule has 0 atom stereocenters. The van der Waals surface area contributed by atoms with E-state index in [1.807, 2.05) is 0 Å². The molecule has 0 bridgehead atoms. The summed E-state index contributed by atoms with van der Waals surface area (Å²) in [7, 11) is 1.54. The highest BCUT2D eigenvalue weighted by Gasteiger charge is 2.49. The van der Waals surface area contributed by atoms with Crippen LogP contribution in [0.5, 0.6) is 0 Å². The number of hydrogen-bond donors (Lipinski definition) is 0. The third kappa shape index (κ3) is 2.61. The minimum atomic E-state index is -2.98. The Labute approximate surface area is 77.2 Å². The Kier molecular flexibility index (Phi) is 3.24. The second-order valence-electron chi connectivity index (χ2n) is 3.75. The second-order valence-corrected chi connectivity index (χ2v) is 3.75. The van der Waals surface area contributed by atoms with Crippen LogP contribution in [0.3, 0.4) is 0 Å². The van der Waals surface area contributed by atoms with Crippen molar-refractivity contribution in [2.45, 2.75) is 45.0 Å². The Balaban J connectivity index is 2.35. The van der Waals surface area contributed by atoms with Crippen molar-refractivity contribution in [1.29, 1.82) is 0 Å². The van der Waals surface area contributed by atoms with Crippen LogP contribution < -0.4 is 0 Å². The zero-order valence-corrected chi connectivity index (χ0v) is 8.22. The Morgan fingerprint density at radius 1 is 1.31 bits per heavy atom. The summed E-state index contributed by atoms with van der Waals surface area (Å²) in [5.74, 6) is -0.667. The Bertz CT molecular complexity index is 165. The van der Waals surface area contributed by atoms with E-state index in [1.54, 1.807) is 21.0 Å². The average molecular weight is 194 g/mol. The van der Waals surface area contributed by atoms with Gasteiger partial charge in [-0.15, -0.1) is 0 Å². The van der Waals surface area contributed by atoms with Crippen molar-refractivity contribution < 1.29 is 18.3 Å². The van der Waals surface area contributed by atoms with Crippen LogP contribution in [0, 0.1) is 5.92 Å². The maximum atomic E-state index is 13.2. The molecule has 1 saturated carbocycles. The average Bonchev–Trinajstić information content (AvgIpc) is 1.79. The van der Waals surface area contributed by atoms with Crippen molar-refractivity contribution in [3.8, 4) is 0 Å². The molecule has 1 rings (SSSR count). The van der Waals surface area contributed by atoms with Crippen molar-refractivity contribution in [2.75, 3.05) is 7.11 Å². The van der Waals surface area contributed by atoms with Gasteiger partial charge in [0.15, 0.2) is 0 Å². The monoisotopic (exact) mass is 194 g/mol. The molecule has 0 N–H and O–H groups in total. The number of alkyl halides is 2. The van der Waals surface area contributed by atoms with Crippen molar-refractivity contribution >= 4 is 0 Å².